The Hall–Kier alpha value is -10.2. The summed E-state index contributed by atoms with van der Waals surface area (Å²) in [6.45, 7) is 39.5. The van der Waals surface area contributed by atoms with E-state index in [1.807, 2.05) is 67.6 Å². The van der Waals surface area contributed by atoms with E-state index in [1.165, 1.54) is 0 Å². The maximum absolute atomic E-state index is 12.9. The highest BCUT2D eigenvalue weighted by Crippen LogP contribution is 2.42. The van der Waals surface area contributed by atoms with Crippen molar-refractivity contribution in [3.63, 3.8) is 0 Å². The van der Waals surface area contributed by atoms with E-state index in [1.54, 1.807) is 7.11 Å². The van der Waals surface area contributed by atoms with Crippen molar-refractivity contribution in [2.24, 2.45) is 57.2 Å². The molecule has 0 amide bonds. The summed E-state index contributed by atoms with van der Waals surface area (Å²) in [5, 5.41) is 28.0. The average Bonchev–Trinajstić information content (AvgIpc) is 1.52. The minimum atomic E-state index is -0.668. The molecule has 6 atom stereocenters. The molecule has 0 aliphatic rings. The Morgan fingerprint density at radius 2 is 0.784 bits per heavy atom. The van der Waals surface area contributed by atoms with Crippen molar-refractivity contribution >= 4 is 79.7 Å². The molecule has 13 heteroatoms. The Kier molecular flexibility index (Phi) is 24.7. The molecule has 6 unspecified atom stereocenters. The minimum absolute atomic E-state index is 0.100. The van der Waals surface area contributed by atoms with Crippen LogP contribution in [0.25, 0.3) is 66.6 Å². The number of ether oxygens (including phenoxy) is 3. The molecule has 12 aromatic rings. The fourth-order valence-electron chi connectivity index (χ4n) is 17.7. The highest BCUT2D eigenvalue weighted by atomic mass is 16.5. The third-order valence-electron chi connectivity index (χ3n) is 22.0. The van der Waals surface area contributed by atoms with Crippen molar-refractivity contribution in [2.75, 3.05) is 20.3 Å². The lowest BCUT2D eigenvalue weighted by atomic mass is 9.50. The van der Waals surface area contributed by atoms with E-state index >= 15 is 0 Å². The highest BCUT2D eigenvalue weighted by Gasteiger charge is 2.39. The Bertz CT molecular complexity index is 5210. The van der Waals surface area contributed by atoms with E-state index in [2.05, 4.69) is 277 Å². The van der Waals surface area contributed by atoms with Crippen molar-refractivity contribution in [1.82, 2.24) is 18.9 Å². The molecule has 0 fully saturated rings. The zero-order chi connectivity index (χ0) is 79.1. The molecule has 572 valence electrons. The van der Waals surface area contributed by atoms with Crippen LogP contribution in [0.15, 0.2) is 215 Å². The van der Waals surface area contributed by atoms with E-state index in [9.17, 15) is 10.5 Å². The second kappa shape index (κ2) is 34.2. The molecule has 4 aromatic heterocycles. The van der Waals surface area contributed by atoms with Crippen LogP contribution in [0.2, 0.25) is 0 Å². The van der Waals surface area contributed by atoms with Crippen molar-refractivity contribution in [3.8, 4) is 51.9 Å². The maximum Gasteiger partial charge on any atom is 0.328 e. The molecule has 8 aromatic carbocycles. The van der Waals surface area contributed by atoms with Gasteiger partial charge in [-0.15, -0.1) is 0 Å². The Balaban J connectivity index is 1.28. The molecule has 0 saturated carbocycles. The predicted octanol–water partition coefficient (Wildman–Crippen LogP) is 21.0. The summed E-state index contributed by atoms with van der Waals surface area (Å²) in [6, 6.07) is 76.2. The maximum atomic E-state index is 12.9. The van der Waals surface area contributed by atoms with Gasteiger partial charge in [0.15, 0.2) is 11.2 Å². The van der Waals surface area contributed by atoms with E-state index in [0.29, 0.717) is 109 Å². The first-order valence-electron chi connectivity index (χ1n) is 40.3. The lowest BCUT2D eigenvalue weighted by Crippen LogP contribution is -2.54. The van der Waals surface area contributed by atoms with Gasteiger partial charge in [0.05, 0.1) is 31.0 Å². The molecule has 11 nitrogen and oxygen atoms in total. The number of benzene rings is 8. The van der Waals surface area contributed by atoms with Crippen LogP contribution in [0.3, 0.4) is 0 Å². The lowest BCUT2D eigenvalue weighted by Gasteiger charge is -2.31. The molecule has 0 saturated heterocycles. The van der Waals surface area contributed by atoms with Gasteiger partial charge >= 0.3 is 13.7 Å². The van der Waals surface area contributed by atoms with Gasteiger partial charge in [0.2, 0.25) is 11.8 Å². The Morgan fingerprint density at radius 1 is 0.423 bits per heavy atom. The summed E-state index contributed by atoms with van der Waals surface area (Å²) in [5.74, 6) is 4.53. The second-order valence-corrected chi connectivity index (χ2v) is 36.7. The molecule has 0 bridgehead atoms. The van der Waals surface area contributed by atoms with Gasteiger partial charge in [-0.1, -0.05) is 297 Å². The molecule has 12 rings (SSSR count). The van der Waals surface area contributed by atoms with Gasteiger partial charge in [-0.25, -0.2) is 9.97 Å². The summed E-state index contributed by atoms with van der Waals surface area (Å²) in [4.78, 5) is 10.7. The van der Waals surface area contributed by atoms with E-state index in [4.69, 9.17) is 33.0 Å². The Morgan fingerprint density at radius 3 is 1.14 bits per heavy atom. The molecule has 0 aliphatic carbocycles. The predicted molar refractivity (Wildman–Crippen MR) is 462 cm³/mol. The number of hydrogen-bond acceptors (Lipinski definition) is 9. The first-order valence-corrected chi connectivity index (χ1v) is 40.3. The quantitative estimate of drug-likeness (QED) is 0.0420. The first kappa shape index (κ1) is 80.3. The van der Waals surface area contributed by atoms with Crippen LogP contribution in [0.1, 0.15) is 179 Å². The number of fused-ring (bicyclic) bond motifs is 3. The Labute approximate surface area is 661 Å². The van der Waals surface area contributed by atoms with Gasteiger partial charge in [0.1, 0.15) is 51.6 Å². The average molecular weight is 1480 g/mol. The van der Waals surface area contributed by atoms with Gasteiger partial charge in [0, 0.05) is 39.4 Å². The smallest absolute Gasteiger partial charge is 0.328 e. The zero-order valence-electron chi connectivity index (χ0n) is 69.0. The molecular formula is C98H114B2N6O5. The van der Waals surface area contributed by atoms with Crippen molar-refractivity contribution in [2.45, 2.75) is 169 Å². The number of aromatic nitrogens is 4. The number of aryl methyl sites for hydroxylation is 1. The molecule has 0 spiro atoms. The molecule has 0 aliphatic heterocycles. The van der Waals surface area contributed by atoms with Gasteiger partial charge in [-0.05, 0) is 157 Å². The first-order chi connectivity index (χ1) is 52.9. The van der Waals surface area contributed by atoms with Crippen molar-refractivity contribution in [1.29, 1.82) is 10.5 Å². The summed E-state index contributed by atoms with van der Waals surface area (Å²) < 4.78 is 39.3. The summed E-state index contributed by atoms with van der Waals surface area (Å²) in [6.07, 6.45) is 8.61. The third-order valence-corrected chi connectivity index (χ3v) is 22.0. The van der Waals surface area contributed by atoms with Crippen molar-refractivity contribution < 1.29 is 23.0 Å². The molecular weight excluding hydrogens is 1360 g/mol. The van der Waals surface area contributed by atoms with Crippen LogP contribution < -0.4 is 46.8 Å². The topological polar surface area (TPSA) is 137 Å². The van der Waals surface area contributed by atoms with Gasteiger partial charge < -0.3 is 32.0 Å². The molecule has 111 heavy (non-hydrogen) atoms. The van der Waals surface area contributed by atoms with E-state index < -0.39 is 13.7 Å². The number of nitriles is 2. The van der Waals surface area contributed by atoms with E-state index in [0.717, 1.165) is 89.9 Å². The van der Waals surface area contributed by atoms with Gasteiger partial charge in [-0.3, -0.25) is 0 Å². The van der Waals surface area contributed by atoms with Crippen LogP contribution in [-0.2, 0) is 0 Å². The van der Waals surface area contributed by atoms with Crippen LogP contribution >= 0.6 is 0 Å². The van der Waals surface area contributed by atoms with Crippen LogP contribution in [-0.4, -0.2) is 52.9 Å². The van der Waals surface area contributed by atoms with Crippen LogP contribution in [0, 0.1) is 86.8 Å². The molecule has 0 N–H and O–H groups in total. The number of methoxy groups -OCH3 is 1. The number of oxazole rings is 2. The van der Waals surface area contributed by atoms with Crippen LogP contribution in [0.4, 0.5) is 0 Å². The van der Waals surface area contributed by atoms with Crippen LogP contribution in [0.5, 0.6) is 17.2 Å². The molecule has 4 heterocycles. The minimum Gasteiger partial charge on any atom is -0.497 e. The number of hydrogen-bond donors (Lipinski definition) is 0. The summed E-state index contributed by atoms with van der Waals surface area (Å²) in [7, 11) is 1.63. The normalized spacial score (nSPS) is 14.5. The molecule has 0 radical (unpaired) electrons. The summed E-state index contributed by atoms with van der Waals surface area (Å²) >= 11 is 0. The fourth-order valence-corrected chi connectivity index (χ4v) is 17.7. The summed E-state index contributed by atoms with van der Waals surface area (Å²) in [5.41, 5.74) is 10.8. The zero-order valence-corrected chi connectivity index (χ0v) is 69.0. The fraction of sp³-hybridized carbons (Fsp3) is 0.388. The largest absolute Gasteiger partial charge is 0.497 e. The third kappa shape index (κ3) is 19.4. The lowest BCUT2D eigenvalue weighted by molar-refractivity contribution is 0.147. The van der Waals surface area contributed by atoms with Crippen molar-refractivity contribution in [3.05, 3.63) is 234 Å². The SMILES string of the molecule is COc1ccc2oc(/C(C#N)=c3/c4c(-c5cccc(OCC(CCC(C)CC(C)(C)C)C(C)CC(C)(C)C)c5)n(B(c5ccccc5)c5ccccc5)/c(=C(/C#N)c5nc6cc(C)ccc6o5)c4c(-c4cccc(OCC(CCC(C)CC(C)(C)C)C(C)CC(C)(C)C)c4)n3B(c3ccccc3)c3ccccc3)nc2c1. The monoisotopic (exact) mass is 1480 g/mol. The second-order valence-electron chi connectivity index (χ2n) is 36.7. The van der Waals surface area contributed by atoms with Gasteiger partial charge in [-0.2, -0.15) is 10.5 Å². The standard InChI is InChI=1S/C98H114B2N6O5/c1-65-47-51-85-83(53-65)103-93(110-85)81(61-101)91-87-88(90(105(91)99(74-35-23-19-24-36-74)75-37-25-20-26-38-75)71-34-32-44-80(55-71)109-64-73(69(5)60-98(15,16)17)49-46-67(3)58-96(9,10)11)92(82(62-102)94-104-84-56-78(107-18)50-52-86(84)111-94)106(100(76-39-27-21-28-40-76)77-41-29-22-30-42-77)89(87)70-33-31-43-79(54-70)108-63-72(68(4)59-97(12,13)14)48-45-66(2)57-95(6,7)8/h19-44,47,50-56,66-69,72-73H,45-46,48-49,57-60,63-64H2,1-18H3/b91-81-,92-82-. The highest BCUT2D eigenvalue weighted by molar-refractivity contribution is 6.85. The number of nitrogens with zero attached hydrogens (tertiary/aromatic N) is 6. The van der Waals surface area contributed by atoms with E-state index in [-0.39, 0.29) is 56.4 Å². The van der Waals surface area contributed by atoms with Gasteiger partial charge in [0.25, 0.3) is 0 Å². The number of rotatable bonds is 29.